The number of hydrogen-bond donors (Lipinski definition) is 2. The van der Waals surface area contributed by atoms with E-state index < -0.39 is 12.0 Å². The van der Waals surface area contributed by atoms with Crippen LogP contribution in [0.1, 0.15) is 28.0 Å². The van der Waals surface area contributed by atoms with E-state index >= 15 is 0 Å². The molecule has 1 aliphatic heterocycles. The van der Waals surface area contributed by atoms with Gasteiger partial charge in [-0.25, -0.2) is 0 Å². The van der Waals surface area contributed by atoms with Gasteiger partial charge in [-0.3, -0.25) is 4.79 Å². The number of aliphatic hydroxyl groups is 1. The standard InChI is InChI=1S/C20H17NO3S/c22-15(18-10-5-11-25-18)12-21-20(23)19-13-6-1-3-8-16(13)24-17-9-4-2-7-14(17)19/h1-11,15,19,22H,12H2,(H,21,23). The third kappa shape index (κ3) is 3.04. The van der Waals surface area contributed by atoms with E-state index in [1.54, 1.807) is 0 Å². The normalized spacial score (nSPS) is 14.1. The molecular formula is C20H17NO3S. The zero-order chi connectivity index (χ0) is 17.2. The monoisotopic (exact) mass is 351 g/mol. The summed E-state index contributed by atoms with van der Waals surface area (Å²) in [5.74, 6) is 0.802. The number of thiophene rings is 1. The van der Waals surface area contributed by atoms with Crippen molar-refractivity contribution in [1.29, 1.82) is 0 Å². The third-order valence-corrected chi connectivity index (χ3v) is 5.26. The minimum atomic E-state index is -0.700. The first-order valence-electron chi connectivity index (χ1n) is 8.09. The quantitative estimate of drug-likeness (QED) is 0.751. The molecule has 2 N–H and O–H groups in total. The number of carbonyl (C=O) groups is 1. The van der Waals surface area contributed by atoms with Gasteiger partial charge in [0.05, 0.1) is 5.92 Å². The molecule has 0 spiro atoms. The Hall–Kier alpha value is -2.63. The Labute approximate surface area is 149 Å². The summed E-state index contributed by atoms with van der Waals surface area (Å²) in [5.41, 5.74) is 1.67. The fourth-order valence-electron chi connectivity index (χ4n) is 3.07. The van der Waals surface area contributed by atoms with Gasteiger partial charge in [0.15, 0.2) is 0 Å². The minimum Gasteiger partial charge on any atom is -0.457 e. The van der Waals surface area contributed by atoms with Crippen molar-refractivity contribution >= 4 is 17.2 Å². The molecule has 0 radical (unpaired) electrons. The number of ether oxygens (including phenoxy) is 1. The summed E-state index contributed by atoms with van der Waals surface area (Å²) in [4.78, 5) is 13.8. The molecule has 1 amide bonds. The largest absolute Gasteiger partial charge is 0.457 e. The van der Waals surface area contributed by atoms with E-state index in [2.05, 4.69) is 5.32 Å². The number of amides is 1. The Balaban J connectivity index is 1.60. The maximum absolute atomic E-state index is 12.9. The first-order valence-corrected chi connectivity index (χ1v) is 8.97. The van der Waals surface area contributed by atoms with Crippen molar-refractivity contribution < 1.29 is 14.6 Å². The summed E-state index contributed by atoms with van der Waals surface area (Å²) < 4.78 is 5.91. The molecule has 1 aliphatic rings. The molecule has 4 rings (SSSR count). The zero-order valence-corrected chi connectivity index (χ0v) is 14.2. The highest BCUT2D eigenvalue weighted by atomic mass is 32.1. The van der Waals surface area contributed by atoms with Gasteiger partial charge in [-0.2, -0.15) is 0 Å². The molecule has 3 aromatic rings. The van der Waals surface area contributed by atoms with Crippen molar-refractivity contribution in [3.05, 3.63) is 82.0 Å². The van der Waals surface area contributed by atoms with Gasteiger partial charge in [0.25, 0.3) is 0 Å². The average molecular weight is 351 g/mol. The Kier molecular flexibility index (Phi) is 4.26. The number of benzene rings is 2. The van der Waals surface area contributed by atoms with Crippen LogP contribution in [0, 0.1) is 0 Å². The number of para-hydroxylation sites is 2. The third-order valence-electron chi connectivity index (χ3n) is 4.28. The van der Waals surface area contributed by atoms with Crippen LogP contribution in [-0.4, -0.2) is 17.6 Å². The first kappa shape index (κ1) is 15.9. The lowest BCUT2D eigenvalue weighted by atomic mass is 9.87. The smallest absolute Gasteiger partial charge is 0.232 e. The van der Waals surface area contributed by atoms with Gasteiger partial charge in [-0.05, 0) is 23.6 Å². The fraction of sp³-hybridized carbons (Fsp3) is 0.150. The van der Waals surface area contributed by atoms with Crippen LogP contribution in [0.2, 0.25) is 0 Å². The number of nitrogens with one attached hydrogen (secondary N) is 1. The van der Waals surface area contributed by atoms with Crippen molar-refractivity contribution in [3.8, 4) is 11.5 Å². The van der Waals surface area contributed by atoms with E-state index in [0.717, 1.165) is 16.0 Å². The molecule has 4 nitrogen and oxygen atoms in total. The van der Waals surface area contributed by atoms with E-state index in [-0.39, 0.29) is 12.5 Å². The maximum Gasteiger partial charge on any atom is 0.232 e. The van der Waals surface area contributed by atoms with Crippen LogP contribution < -0.4 is 10.1 Å². The second-order valence-electron chi connectivity index (χ2n) is 5.89. The molecule has 1 aromatic heterocycles. The first-order chi connectivity index (χ1) is 12.2. The van der Waals surface area contributed by atoms with Crippen molar-refractivity contribution in [1.82, 2.24) is 5.32 Å². The van der Waals surface area contributed by atoms with Gasteiger partial charge in [0.1, 0.15) is 17.6 Å². The molecule has 0 bridgehead atoms. The molecule has 1 atom stereocenters. The van der Waals surface area contributed by atoms with E-state index in [1.165, 1.54) is 11.3 Å². The van der Waals surface area contributed by atoms with Crippen LogP contribution in [-0.2, 0) is 4.79 Å². The van der Waals surface area contributed by atoms with Gasteiger partial charge < -0.3 is 15.2 Å². The summed E-state index contributed by atoms with van der Waals surface area (Å²) >= 11 is 1.47. The van der Waals surface area contributed by atoms with Crippen molar-refractivity contribution in [2.24, 2.45) is 0 Å². The van der Waals surface area contributed by atoms with Crippen LogP contribution >= 0.6 is 11.3 Å². The predicted octanol–water partition coefficient (Wildman–Crippen LogP) is 3.84. The second-order valence-corrected chi connectivity index (χ2v) is 6.87. The van der Waals surface area contributed by atoms with E-state index in [9.17, 15) is 9.90 Å². The summed E-state index contributed by atoms with van der Waals surface area (Å²) in [5, 5.41) is 15.0. The Bertz CT molecular complexity index is 846. The molecule has 126 valence electrons. The lowest BCUT2D eigenvalue weighted by molar-refractivity contribution is -0.122. The number of carbonyl (C=O) groups excluding carboxylic acids is 1. The average Bonchev–Trinajstić information content (AvgIpc) is 3.18. The molecule has 25 heavy (non-hydrogen) atoms. The molecule has 0 aliphatic carbocycles. The van der Waals surface area contributed by atoms with Gasteiger partial charge in [0, 0.05) is 22.5 Å². The number of hydrogen-bond acceptors (Lipinski definition) is 4. The SMILES string of the molecule is O=C(NCC(O)c1cccs1)C1c2ccccc2Oc2ccccc21. The van der Waals surface area contributed by atoms with Gasteiger partial charge in [0.2, 0.25) is 5.91 Å². The van der Waals surface area contributed by atoms with Crippen LogP contribution in [0.15, 0.2) is 66.0 Å². The molecule has 0 saturated carbocycles. The highest BCUT2D eigenvalue weighted by Gasteiger charge is 2.32. The zero-order valence-electron chi connectivity index (χ0n) is 13.4. The summed E-state index contributed by atoms with van der Waals surface area (Å²) in [6.07, 6.45) is -0.700. The molecule has 2 heterocycles. The lowest BCUT2D eigenvalue weighted by Gasteiger charge is -2.27. The molecule has 2 aromatic carbocycles. The summed E-state index contributed by atoms with van der Waals surface area (Å²) in [6, 6.07) is 18.9. The number of rotatable bonds is 4. The fourth-order valence-corrected chi connectivity index (χ4v) is 3.79. The molecule has 0 saturated heterocycles. The summed E-state index contributed by atoms with van der Waals surface area (Å²) in [6.45, 7) is 0.182. The van der Waals surface area contributed by atoms with Crippen LogP contribution in [0.25, 0.3) is 0 Å². The molecule has 5 heteroatoms. The van der Waals surface area contributed by atoms with E-state index in [4.69, 9.17) is 4.74 Å². The Morgan fingerprint density at radius 1 is 1.04 bits per heavy atom. The summed E-state index contributed by atoms with van der Waals surface area (Å²) in [7, 11) is 0. The van der Waals surface area contributed by atoms with Gasteiger partial charge in [-0.1, -0.05) is 42.5 Å². The Morgan fingerprint density at radius 2 is 1.68 bits per heavy atom. The highest BCUT2D eigenvalue weighted by Crippen LogP contribution is 2.43. The van der Waals surface area contributed by atoms with Crippen LogP contribution in [0.3, 0.4) is 0 Å². The van der Waals surface area contributed by atoms with Crippen LogP contribution in [0.5, 0.6) is 11.5 Å². The lowest BCUT2D eigenvalue weighted by Crippen LogP contribution is -2.34. The van der Waals surface area contributed by atoms with E-state index in [0.29, 0.717) is 11.5 Å². The van der Waals surface area contributed by atoms with Crippen molar-refractivity contribution in [2.75, 3.05) is 6.54 Å². The molecule has 0 fully saturated rings. The number of aliphatic hydroxyl groups excluding tert-OH is 1. The molecular weight excluding hydrogens is 334 g/mol. The Morgan fingerprint density at radius 3 is 2.28 bits per heavy atom. The van der Waals surface area contributed by atoms with Crippen molar-refractivity contribution in [2.45, 2.75) is 12.0 Å². The number of fused-ring (bicyclic) bond motifs is 2. The van der Waals surface area contributed by atoms with E-state index in [1.807, 2.05) is 66.0 Å². The maximum atomic E-state index is 12.9. The van der Waals surface area contributed by atoms with Crippen molar-refractivity contribution in [3.63, 3.8) is 0 Å². The topological polar surface area (TPSA) is 58.6 Å². The highest BCUT2D eigenvalue weighted by molar-refractivity contribution is 7.10. The second kappa shape index (κ2) is 6.70. The predicted molar refractivity (Wildman–Crippen MR) is 97.1 cm³/mol. The van der Waals surface area contributed by atoms with Gasteiger partial charge in [-0.15, -0.1) is 11.3 Å². The minimum absolute atomic E-state index is 0.140. The van der Waals surface area contributed by atoms with Gasteiger partial charge >= 0.3 is 0 Å². The van der Waals surface area contributed by atoms with Crippen LogP contribution in [0.4, 0.5) is 0 Å². The molecule has 1 unspecified atom stereocenters.